The molecule has 27 heavy (non-hydrogen) atoms. The van der Waals surface area contributed by atoms with Crippen molar-refractivity contribution in [2.45, 2.75) is 89.9 Å². The summed E-state index contributed by atoms with van der Waals surface area (Å²) in [6.07, 6.45) is 9.92. The molecule has 2 heterocycles. The molecule has 4 nitrogen and oxygen atoms in total. The molecule has 1 saturated heterocycles. The van der Waals surface area contributed by atoms with Crippen molar-refractivity contribution in [3.05, 3.63) is 11.2 Å². The van der Waals surface area contributed by atoms with E-state index in [9.17, 15) is 0 Å². The maximum Gasteiger partial charge on any atom is 0.185 e. The quantitative estimate of drug-likeness (QED) is 0.292. The Bertz CT molecular complexity index is 418. The highest BCUT2D eigenvalue weighted by Crippen LogP contribution is 2.48. The van der Waals surface area contributed by atoms with Crippen molar-refractivity contribution in [2.75, 3.05) is 26.4 Å². The summed E-state index contributed by atoms with van der Waals surface area (Å²) in [4.78, 5) is 10.6. The Labute approximate surface area is 170 Å². The van der Waals surface area contributed by atoms with Crippen LogP contribution in [0.2, 0.25) is 0 Å². The number of hydrogen-bond donors (Lipinski definition) is 0. The van der Waals surface area contributed by atoms with Crippen LogP contribution in [-0.2, 0) is 19.2 Å². The molecule has 1 fully saturated rings. The zero-order valence-corrected chi connectivity index (χ0v) is 18.7. The number of hydrogen-bond acceptors (Lipinski definition) is 5. The summed E-state index contributed by atoms with van der Waals surface area (Å²) < 4.78 is 12.2. The van der Waals surface area contributed by atoms with Gasteiger partial charge >= 0.3 is 0 Å². The predicted octanol–water partition coefficient (Wildman–Crippen LogP) is 6.11. The summed E-state index contributed by atoms with van der Waals surface area (Å²) in [6, 6.07) is 0. The van der Waals surface area contributed by atoms with Crippen molar-refractivity contribution in [1.29, 1.82) is 0 Å². The molecule has 0 aromatic rings. The van der Waals surface area contributed by atoms with E-state index in [1.807, 2.05) is 0 Å². The van der Waals surface area contributed by atoms with Crippen LogP contribution in [0.15, 0.2) is 11.2 Å². The Morgan fingerprint density at radius 2 is 1.52 bits per heavy atom. The van der Waals surface area contributed by atoms with E-state index in [0.29, 0.717) is 25.0 Å². The minimum atomic E-state index is -0.195. The van der Waals surface area contributed by atoms with Gasteiger partial charge in [-0.2, -0.15) is 4.89 Å². The normalized spacial score (nSPS) is 26.1. The van der Waals surface area contributed by atoms with Gasteiger partial charge in [-0.15, -0.1) is 11.8 Å². The van der Waals surface area contributed by atoms with Crippen LogP contribution in [0, 0.1) is 11.8 Å². The van der Waals surface area contributed by atoms with Gasteiger partial charge in [-0.3, -0.25) is 0 Å². The summed E-state index contributed by atoms with van der Waals surface area (Å²) in [5.74, 6) is 2.24. The summed E-state index contributed by atoms with van der Waals surface area (Å²) in [5, 5.41) is 2.07. The average molecular weight is 401 g/mol. The van der Waals surface area contributed by atoms with E-state index in [4.69, 9.17) is 19.2 Å². The van der Waals surface area contributed by atoms with Crippen LogP contribution >= 0.6 is 11.8 Å². The molecular formula is C22H40O4S. The molecule has 0 amide bonds. The van der Waals surface area contributed by atoms with E-state index in [-0.39, 0.29) is 10.9 Å². The molecule has 0 aliphatic carbocycles. The molecule has 0 aromatic carbocycles. The molecule has 0 spiro atoms. The molecule has 0 bridgehead atoms. The fourth-order valence-electron chi connectivity index (χ4n) is 3.67. The smallest absolute Gasteiger partial charge is 0.185 e. The predicted molar refractivity (Wildman–Crippen MR) is 113 cm³/mol. The summed E-state index contributed by atoms with van der Waals surface area (Å²) in [5.41, 5.74) is 0. The van der Waals surface area contributed by atoms with E-state index in [1.54, 1.807) is 11.8 Å². The zero-order chi connectivity index (χ0) is 19.5. The highest BCUT2D eigenvalue weighted by molar-refractivity contribution is 8.03. The zero-order valence-electron chi connectivity index (χ0n) is 17.8. The molecular weight excluding hydrogens is 360 g/mol. The van der Waals surface area contributed by atoms with Crippen molar-refractivity contribution in [3.8, 4) is 0 Å². The number of unbranched alkanes of at least 4 members (excludes halogenated alkanes) is 2. The van der Waals surface area contributed by atoms with Gasteiger partial charge in [0.2, 0.25) is 0 Å². The second kappa shape index (κ2) is 12.4. The van der Waals surface area contributed by atoms with Gasteiger partial charge in [0, 0.05) is 18.6 Å². The van der Waals surface area contributed by atoms with Gasteiger partial charge in [0.05, 0.1) is 13.2 Å². The van der Waals surface area contributed by atoms with Gasteiger partial charge in [0.1, 0.15) is 4.75 Å². The van der Waals surface area contributed by atoms with Crippen LogP contribution in [0.3, 0.4) is 0 Å². The van der Waals surface area contributed by atoms with Crippen LogP contribution in [-0.4, -0.2) is 37.3 Å². The molecule has 0 N–H and O–H groups in total. The summed E-state index contributed by atoms with van der Waals surface area (Å²) in [7, 11) is 0. The fourth-order valence-corrected chi connectivity index (χ4v) is 4.77. The standard InChI is InChI=1S/C22H40O4S/c1-5-9-11-18(7-3)13-23-16-22(21-20(15-27-22)25-26-21)17-24-14-19(8-4)12-10-6-2/h15,18-19,21H,5-14,16-17H2,1-4H3. The molecule has 0 saturated carbocycles. The van der Waals surface area contributed by atoms with Crippen LogP contribution in [0.4, 0.5) is 0 Å². The van der Waals surface area contributed by atoms with Crippen LogP contribution in [0.5, 0.6) is 0 Å². The van der Waals surface area contributed by atoms with Crippen molar-refractivity contribution in [1.82, 2.24) is 0 Å². The largest absolute Gasteiger partial charge is 0.379 e. The molecule has 0 radical (unpaired) electrons. The van der Waals surface area contributed by atoms with E-state index in [1.165, 1.54) is 51.4 Å². The van der Waals surface area contributed by atoms with E-state index >= 15 is 0 Å². The first kappa shape index (κ1) is 23.1. The third-order valence-electron chi connectivity index (χ3n) is 5.87. The van der Waals surface area contributed by atoms with Crippen molar-refractivity contribution < 1.29 is 19.2 Å². The summed E-state index contributed by atoms with van der Waals surface area (Å²) in [6.45, 7) is 12.0. The van der Waals surface area contributed by atoms with Gasteiger partial charge in [-0.05, 0) is 24.7 Å². The van der Waals surface area contributed by atoms with Crippen LogP contribution in [0.25, 0.3) is 0 Å². The van der Waals surface area contributed by atoms with Crippen molar-refractivity contribution >= 4 is 11.8 Å². The Morgan fingerprint density at radius 3 is 1.89 bits per heavy atom. The van der Waals surface area contributed by atoms with E-state index < -0.39 is 0 Å². The highest BCUT2D eigenvalue weighted by atomic mass is 32.2. The van der Waals surface area contributed by atoms with Crippen LogP contribution in [0.1, 0.15) is 79.1 Å². The lowest BCUT2D eigenvalue weighted by Gasteiger charge is -2.38. The van der Waals surface area contributed by atoms with Crippen LogP contribution < -0.4 is 0 Å². The van der Waals surface area contributed by atoms with E-state index in [2.05, 4.69) is 33.1 Å². The third kappa shape index (κ3) is 6.66. The maximum absolute atomic E-state index is 6.20. The number of thioether (sulfide) groups is 1. The molecule has 158 valence electrons. The Hall–Kier alpha value is -0.230. The first-order chi connectivity index (χ1) is 13.2. The number of ether oxygens (including phenoxy) is 2. The molecule has 3 atom stereocenters. The van der Waals surface area contributed by atoms with Gasteiger partial charge in [-0.25, -0.2) is 0 Å². The Balaban J connectivity index is 1.81. The van der Waals surface area contributed by atoms with Gasteiger partial charge in [-0.1, -0.05) is 66.2 Å². The first-order valence-corrected chi connectivity index (χ1v) is 11.9. The third-order valence-corrected chi connectivity index (χ3v) is 7.14. The Kier molecular flexibility index (Phi) is 10.6. The minimum Gasteiger partial charge on any atom is -0.379 e. The molecule has 2 aliphatic rings. The van der Waals surface area contributed by atoms with Crippen molar-refractivity contribution in [3.63, 3.8) is 0 Å². The second-order valence-electron chi connectivity index (χ2n) is 8.13. The SMILES string of the molecule is CCCCC(CC)COCC1(COCC(CC)CCCC)SC=C2OOC21. The molecule has 5 heteroatoms. The molecule has 3 unspecified atom stereocenters. The minimum absolute atomic E-state index is 0.0195. The lowest BCUT2D eigenvalue weighted by atomic mass is 9.99. The van der Waals surface area contributed by atoms with Gasteiger partial charge in [0.25, 0.3) is 0 Å². The fraction of sp³-hybridized carbons (Fsp3) is 0.909. The monoisotopic (exact) mass is 400 g/mol. The molecule has 0 aromatic heterocycles. The Morgan fingerprint density at radius 1 is 0.963 bits per heavy atom. The topological polar surface area (TPSA) is 36.9 Å². The van der Waals surface area contributed by atoms with Gasteiger partial charge < -0.3 is 14.4 Å². The number of rotatable bonds is 16. The maximum atomic E-state index is 6.20. The second-order valence-corrected chi connectivity index (χ2v) is 9.41. The van der Waals surface area contributed by atoms with E-state index in [0.717, 1.165) is 19.0 Å². The lowest BCUT2D eigenvalue weighted by molar-refractivity contribution is -0.384. The lowest BCUT2D eigenvalue weighted by Crippen LogP contribution is -2.51. The highest BCUT2D eigenvalue weighted by Gasteiger charge is 2.55. The first-order valence-electron chi connectivity index (χ1n) is 11.1. The molecule has 2 aliphatic heterocycles. The van der Waals surface area contributed by atoms with Crippen molar-refractivity contribution in [2.24, 2.45) is 11.8 Å². The van der Waals surface area contributed by atoms with Gasteiger partial charge in [0.15, 0.2) is 11.9 Å². The molecule has 2 rings (SSSR count). The summed E-state index contributed by atoms with van der Waals surface area (Å²) >= 11 is 1.76. The number of fused-ring (bicyclic) bond motifs is 1. The average Bonchev–Trinajstić information content (AvgIpc) is 2.90.